The molecule has 0 saturated heterocycles. The summed E-state index contributed by atoms with van der Waals surface area (Å²) in [6.07, 6.45) is 1.99. The molecule has 0 aromatic carbocycles. The quantitative estimate of drug-likeness (QED) is 0.738. The number of carbonyl (C=O) groups is 1. The summed E-state index contributed by atoms with van der Waals surface area (Å²) in [5.74, 6) is 0.0714. The fourth-order valence-corrected chi connectivity index (χ4v) is 1.53. The minimum atomic E-state index is -1.06. The smallest absolute Gasteiger partial charge is 0.372 e. The molecular formula is C11H13N3O4. The largest absolute Gasteiger partial charge is 0.475 e. The number of aromatic carboxylic acids is 1. The molecule has 0 aliphatic rings. The Bertz CT molecular complexity index is 532. The maximum atomic E-state index is 10.8. The molecule has 2 heterocycles. The normalized spacial score (nSPS) is 10.7. The van der Waals surface area contributed by atoms with E-state index in [1.54, 1.807) is 13.0 Å². The number of hydrogen-bond acceptors (Lipinski definition) is 6. The van der Waals surface area contributed by atoms with Crippen molar-refractivity contribution in [2.24, 2.45) is 0 Å². The topological polar surface area (TPSA) is 101 Å². The molecule has 0 aliphatic heterocycles. The molecule has 0 bridgehead atoms. The van der Waals surface area contributed by atoms with Crippen molar-refractivity contribution in [1.82, 2.24) is 15.5 Å². The van der Waals surface area contributed by atoms with Crippen LogP contribution in [-0.2, 0) is 13.0 Å². The Morgan fingerprint density at radius 3 is 3.06 bits per heavy atom. The molecule has 2 rings (SSSR count). The van der Waals surface area contributed by atoms with Gasteiger partial charge in [0.05, 0.1) is 6.26 Å². The zero-order chi connectivity index (χ0) is 13.0. The van der Waals surface area contributed by atoms with E-state index < -0.39 is 5.97 Å². The van der Waals surface area contributed by atoms with Crippen LogP contribution in [0.1, 0.15) is 27.8 Å². The molecule has 2 aromatic rings. The minimum absolute atomic E-state index is 0.0297. The molecule has 0 saturated carbocycles. The Morgan fingerprint density at radius 1 is 1.56 bits per heavy atom. The molecule has 0 amide bonds. The first-order chi connectivity index (χ1) is 8.66. The fraction of sp³-hybridized carbons (Fsp3) is 0.364. The molecule has 0 spiro atoms. The zero-order valence-electron chi connectivity index (χ0n) is 9.84. The van der Waals surface area contributed by atoms with E-state index in [0.29, 0.717) is 36.8 Å². The lowest BCUT2D eigenvalue weighted by atomic mass is 10.2. The SMILES string of the molecule is Cc1nc(CCNCc2ccoc2C(=O)O)no1. The Hall–Kier alpha value is -2.15. The third kappa shape index (κ3) is 2.95. The second-order valence-corrected chi connectivity index (χ2v) is 3.74. The second kappa shape index (κ2) is 5.46. The number of aromatic nitrogens is 2. The lowest BCUT2D eigenvalue weighted by Crippen LogP contribution is -2.18. The summed E-state index contributed by atoms with van der Waals surface area (Å²) >= 11 is 0. The van der Waals surface area contributed by atoms with Crippen LogP contribution in [0.5, 0.6) is 0 Å². The number of carboxylic acids is 1. The summed E-state index contributed by atoms with van der Waals surface area (Å²) < 4.78 is 9.70. The third-order valence-corrected chi connectivity index (χ3v) is 2.35. The van der Waals surface area contributed by atoms with Gasteiger partial charge in [-0.2, -0.15) is 4.98 Å². The molecule has 0 aliphatic carbocycles. The van der Waals surface area contributed by atoms with Crippen molar-refractivity contribution in [2.75, 3.05) is 6.54 Å². The van der Waals surface area contributed by atoms with Crippen LogP contribution in [0.2, 0.25) is 0 Å². The number of nitrogens with zero attached hydrogens (tertiary/aromatic N) is 2. The second-order valence-electron chi connectivity index (χ2n) is 3.74. The van der Waals surface area contributed by atoms with Gasteiger partial charge in [0.1, 0.15) is 0 Å². The summed E-state index contributed by atoms with van der Waals surface area (Å²) in [6, 6.07) is 1.63. The van der Waals surface area contributed by atoms with Crippen LogP contribution in [0.3, 0.4) is 0 Å². The van der Waals surface area contributed by atoms with Crippen LogP contribution in [0, 0.1) is 6.92 Å². The average molecular weight is 251 g/mol. The van der Waals surface area contributed by atoms with Crippen molar-refractivity contribution in [3.63, 3.8) is 0 Å². The first-order valence-electron chi connectivity index (χ1n) is 5.46. The van der Waals surface area contributed by atoms with E-state index in [1.165, 1.54) is 6.26 Å². The van der Waals surface area contributed by atoms with E-state index in [0.717, 1.165) is 0 Å². The average Bonchev–Trinajstić information content (AvgIpc) is 2.93. The first-order valence-corrected chi connectivity index (χ1v) is 5.46. The van der Waals surface area contributed by atoms with Gasteiger partial charge in [0.2, 0.25) is 11.7 Å². The van der Waals surface area contributed by atoms with Gasteiger partial charge >= 0.3 is 5.97 Å². The van der Waals surface area contributed by atoms with Gasteiger partial charge in [-0.15, -0.1) is 0 Å². The van der Waals surface area contributed by atoms with Crippen LogP contribution >= 0.6 is 0 Å². The molecule has 0 atom stereocenters. The molecule has 2 N–H and O–H groups in total. The van der Waals surface area contributed by atoms with Crippen molar-refractivity contribution in [2.45, 2.75) is 19.9 Å². The van der Waals surface area contributed by atoms with Gasteiger partial charge in [0, 0.05) is 32.0 Å². The third-order valence-electron chi connectivity index (χ3n) is 2.35. The van der Waals surface area contributed by atoms with Crippen LogP contribution in [-0.4, -0.2) is 27.8 Å². The van der Waals surface area contributed by atoms with Gasteiger partial charge in [-0.25, -0.2) is 4.79 Å². The minimum Gasteiger partial charge on any atom is -0.475 e. The number of aryl methyl sites for hydroxylation is 1. The maximum Gasteiger partial charge on any atom is 0.372 e. The number of nitrogens with one attached hydrogen (secondary N) is 1. The van der Waals surface area contributed by atoms with E-state index in [4.69, 9.17) is 14.0 Å². The van der Waals surface area contributed by atoms with Gasteiger partial charge < -0.3 is 19.4 Å². The van der Waals surface area contributed by atoms with Crippen molar-refractivity contribution in [3.8, 4) is 0 Å². The zero-order valence-corrected chi connectivity index (χ0v) is 9.84. The highest BCUT2D eigenvalue weighted by Gasteiger charge is 2.13. The van der Waals surface area contributed by atoms with E-state index in [-0.39, 0.29) is 5.76 Å². The maximum absolute atomic E-state index is 10.8. The lowest BCUT2D eigenvalue weighted by molar-refractivity contribution is 0.0660. The highest BCUT2D eigenvalue weighted by Crippen LogP contribution is 2.09. The standard InChI is InChI=1S/C11H13N3O4/c1-7-13-9(14-18-7)2-4-12-6-8-3-5-17-10(8)11(15)16/h3,5,12H,2,4,6H2,1H3,(H,15,16). The number of furan rings is 1. The number of hydrogen-bond donors (Lipinski definition) is 2. The van der Waals surface area contributed by atoms with Crippen LogP contribution < -0.4 is 5.32 Å². The summed E-state index contributed by atoms with van der Waals surface area (Å²) in [4.78, 5) is 14.8. The predicted molar refractivity (Wildman–Crippen MR) is 60.1 cm³/mol. The van der Waals surface area contributed by atoms with Gasteiger partial charge in [-0.05, 0) is 6.07 Å². The predicted octanol–water partition coefficient (Wildman–Crippen LogP) is 1.00. The molecular weight excluding hydrogens is 238 g/mol. The molecule has 7 nitrogen and oxygen atoms in total. The van der Waals surface area contributed by atoms with Crippen LogP contribution in [0.4, 0.5) is 0 Å². The van der Waals surface area contributed by atoms with Crippen LogP contribution in [0.15, 0.2) is 21.3 Å². The summed E-state index contributed by atoms with van der Waals surface area (Å²) in [5.41, 5.74) is 0.617. The van der Waals surface area contributed by atoms with Crippen LogP contribution in [0.25, 0.3) is 0 Å². The van der Waals surface area contributed by atoms with Gasteiger partial charge in [0.25, 0.3) is 0 Å². The molecule has 18 heavy (non-hydrogen) atoms. The van der Waals surface area contributed by atoms with Crippen molar-refractivity contribution < 1.29 is 18.8 Å². The van der Waals surface area contributed by atoms with E-state index in [9.17, 15) is 4.79 Å². The Morgan fingerprint density at radius 2 is 2.39 bits per heavy atom. The molecule has 0 fully saturated rings. The van der Waals surface area contributed by atoms with E-state index in [2.05, 4.69) is 15.5 Å². The Labute approximate surface area is 103 Å². The summed E-state index contributed by atoms with van der Waals surface area (Å²) in [7, 11) is 0. The fourth-order valence-electron chi connectivity index (χ4n) is 1.53. The monoisotopic (exact) mass is 251 g/mol. The lowest BCUT2D eigenvalue weighted by Gasteiger charge is -2.01. The van der Waals surface area contributed by atoms with Crippen molar-refractivity contribution >= 4 is 5.97 Å². The molecule has 96 valence electrons. The molecule has 0 radical (unpaired) electrons. The highest BCUT2D eigenvalue weighted by molar-refractivity contribution is 5.86. The molecule has 2 aromatic heterocycles. The summed E-state index contributed by atoms with van der Waals surface area (Å²) in [5, 5.41) is 15.7. The van der Waals surface area contributed by atoms with Gasteiger partial charge in [0.15, 0.2) is 5.82 Å². The Balaban J connectivity index is 1.78. The molecule has 0 unspecified atom stereocenters. The van der Waals surface area contributed by atoms with Crippen molar-refractivity contribution in [1.29, 1.82) is 0 Å². The first kappa shape index (κ1) is 12.3. The molecule has 7 heteroatoms. The number of rotatable bonds is 6. The number of carboxylic acid groups (broad SMARTS) is 1. The van der Waals surface area contributed by atoms with Gasteiger partial charge in [-0.1, -0.05) is 5.16 Å². The van der Waals surface area contributed by atoms with E-state index >= 15 is 0 Å². The van der Waals surface area contributed by atoms with Gasteiger partial charge in [-0.3, -0.25) is 0 Å². The Kier molecular flexibility index (Phi) is 3.73. The van der Waals surface area contributed by atoms with E-state index in [1.807, 2.05) is 0 Å². The highest BCUT2D eigenvalue weighted by atomic mass is 16.5. The van der Waals surface area contributed by atoms with Crippen molar-refractivity contribution in [3.05, 3.63) is 35.4 Å². The summed E-state index contributed by atoms with van der Waals surface area (Å²) in [6.45, 7) is 2.78.